The van der Waals surface area contributed by atoms with Crippen LogP contribution in [0.4, 0.5) is 5.69 Å². The maximum atomic E-state index is 12.4. The Morgan fingerprint density at radius 1 is 1.00 bits per heavy atom. The van der Waals surface area contributed by atoms with Gasteiger partial charge in [-0.3, -0.25) is 4.79 Å². The highest BCUT2D eigenvalue weighted by Gasteiger charge is 2.16. The summed E-state index contributed by atoms with van der Waals surface area (Å²) in [6, 6.07) is 29.5. The predicted molar refractivity (Wildman–Crippen MR) is 142 cm³/mol. The van der Waals surface area contributed by atoms with E-state index in [2.05, 4.69) is 11.4 Å². The van der Waals surface area contributed by atoms with Crippen molar-refractivity contribution in [3.8, 4) is 34.2 Å². The average Bonchev–Trinajstić information content (AvgIpc) is 2.89. The quantitative estimate of drug-likeness (QED) is 0.284. The summed E-state index contributed by atoms with van der Waals surface area (Å²) in [6.07, 6.45) is 0.304. The van der Waals surface area contributed by atoms with E-state index in [0.717, 1.165) is 39.4 Å². The van der Waals surface area contributed by atoms with Gasteiger partial charge in [0.15, 0.2) is 0 Å². The van der Waals surface area contributed by atoms with E-state index in [1.54, 1.807) is 7.11 Å². The first-order chi connectivity index (χ1) is 17.1. The van der Waals surface area contributed by atoms with Crippen molar-refractivity contribution >= 4 is 23.4 Å². The molecule has 0 saturated carbocycles. The van der Waals surface area contributed by atoms with Crippen LogP contribution in [0, 0.1) is 18.3 Å². The zero-order valence-electron chi connectivity index (χ0n) is 19.6. The molecular formula is C29H25N3O2S. The first kappa shape index (κ1) is 24.1. The number of amides is 1. The topological polar surface area (TPSA) is 75.0 Å². The van der Waals surface area contributed by atoms with Crippen molar-refractivity contribution in [3.63, 3.8) is 0 Å². The maximum absolute atomic E-state index is 12.4. The van der Waals surface area contributed by atoms with Gasteiger partial charge in [0.05, 0.1) is 18.4 Å². The second-order valence-corrected chi connectivity index (χ2v) is 9.04. The van der Waals surface area contributed by atoms with Gasteiger partial charge in [0.2, 0.25) is 5.91 Å². The SMILES string of the molecule is COc1ccc(-c2cc(-c3ccc(C)cc3)c(C#N)c(SCCC(=O)Nc3ccccc3)n2)cc1. The lowest BCUT2D eigenvalue weighted by molar-refractivity contribution is -0.115. The molecular weight excluding hydrogens is 454 g/mol. The first-order valence-corrected chi connectivity index (χ1v) is 12.2. The van der Waals surface area contributed by atoms with Gasteiger partial charge in [-0.05, 0) is 55.0 Å². The smallest absolute Gasteiger partial charge is 0.225 e. The molecule has 5 nitrogen and oxygen atoms in total. The molecule has 0 atom stereocenters. The number of carbonyl (C=O) groups is 1. The Kier molecular flexibility index (Phi) is 7.81. The highest BCUT2D eigenvalue weighted by atomic mass is 32.2. The zero-order chi connectivity index (χ0) is 24.6. The van der Waals surface area contributed by atoms with Gasteiger partial charge in [-0.2, -0.15) is 5.26 Å². The fourth-order valence-electron chi connectivity index (χ4n) is 3.59. The van der Waals surface area contributed by atoms with Crippen LogP contribution in [-0.4, -0.2) is 23.8 Å². The summed E-state index contributed by atoms with van der Waals surface area (Å²) in [5, 5.41) is 13.6. The molecule has 1 aromatic heterocycles. The average molecular weight is 480 g/mol. The fourth-order valence-corrected chi connectivity index (χ4v) is 4.53. The van der Waals surface area contributed by atoms with Gasteiger partial charge < -0.3 is 10.1 Å². The number of methoxy groups -OCH3 is 1. The van der Waals surface area contributed by atoms with Crippen molar-refractivity contribution in [2.75, 3.05) is 18.2 Å². The highest BCUT2D eigenvalue weighted by Crippen LogP contribution is 2.35. The summed E-state index contributed by atoms with van der Waals surface area (Å²) in [6.45, 7) is 2.03. The number of nitriles is 1. The van der Waals surface area contributed by atoms with Crippen LogP contribution in [-0.2, 0) is 4.79 Å². The van der Waals surface area contributed by atoms with Crippen LogP contribution < -0.4 is 10.1 Å². The third-order valence-corrected chi connectivity index (χ3v) is 6.45. The summed E-state index contributed by atoms with van der Waals surface area (Å²) in [4.78, 5) is 17.2. The van der Waals surface area contributed by atoms with E-state index in [-0.39, 0.29) is 5.91 Å². The summed E-state index contributed by atoms with van der Waals surface area (Å²) < 4.78 is 5.28. The van der Waals surface area contributed by atoms with Crippen LogP contribution in [0.5, 0.6) is 5.75 Å². The number of carbonyl (C=O) groups excluding carboxylic acids is 1. The molecule has 4 aromatic rings. The molecule has 6 heteroatoms. The Labute approximate surface area is 209 Å². The van der Waals surface area contributed by atoms with E-state index < -0.39 is 0 Å². The molecule has 1 amide bonds. The van der Waals surface area contributed by atoms with Crippen LogP contribution in [0.1, 0.15) is 17.5 Å². The lowest BCUT2D eigenvalue weighted by Crippen LogP contribution is -2.12. The Hall–Kier alpha value is -4.08. The standard InChI is InChI=1S/C29H25N3O2S/c1-20-8-10-21(11-9-20)25-18-27(22-12-14-24(34-2)15-13-22)32-29(26(25)19-30)35-17-16-28(33)31-23-6-4-3-5-7-23/h3-15,18H,16-17H2,1-2H3,(H,31,33). The van der Waals surface area contributed by atoms with Gasteiger partial charge >= 0.3 is 0 Å². The van der Waals surface area contributed by atoms with Crippen molar-refractivity contribution in [2.45, 2.75) is 18.4 Å². The number of pyridine rings is 1. The zero-order valence-corrected chi connectivity index (χ0v) is 20.4. The van der Waals surface area contributed by atoms with Gasteiger partial charge in [-0.1, -0.05) is 48.0 Å². The molecule has 3 aromatic carbocycles. The Morgan fingerprint density at radius 2 is 1.69 bits per heavy atom. The number of anilines is 1. The molecule has 0 spiro atoms. The molecule has 0 saturated heterocycles. The highest BCUT2D eigenvalue weighted by molar-refractivity contribution is 7.99. The Balaban J connectivity index is 1.63. The molecule has 0 aliphatic carbocycles. The summed E-state index contributed by atoms with van der Waals surface area (Å²) >= 11 is 1.42. The molecule has 0 bridgehead atoms. The molecule has 0 aliphatic rings. The second-order valence-electron chi connectivity index (χ2n) is 7.95. The number of thioether (sulfide) groups is 1. The molecule has 1 N–H and O–H groups in total. The van der Waals surface area contributed by atoms with Gasteiger partial charge in [0.25, 0.3) is 0 Å². The minimum Gasteiger partial charge on any atom is -0.497 e. The van der Waals surface area contributed by atoms with Gasteiger partial charge in [-0.15, -0.1) is 11.8 Å². The number of hydrogen-bond acceptors (Lipinski definition) is 5. The van der Waals surface area contributed by atoms with Crippen LogP contribution in [0.2, 0.25) is 0 Å². The molecule has 174 valence electrons. The minimum atomic E-state index is -0.0766. The van der Waals surface area contributed by atoms with Crippen LogP contribution in [0.15, 0.2) is 90.0 Å². The number of hydrogen-bond donors (Lipinski definition) is 1. The second kappa shape index (κ2) is 11.4. The summed E-state index contributed by atoms with van der Waals surface area (Å²) in [5.41, 5.74) is 5.89. The number of aryl methyl sites for hydroxylation is 1. The van der Waals surface area contributed by atoms with Crippen molar-refractivity contribution in [2.24, 2.45) is 0 Å². The first-order valence-electron chi connectivity index (χ1n) is 11.2. The van der Waals surface area contributed by atoms with Crippen LogP contribution >= 0.6 is 11.8 Å². The summed E-state index contributed by atoms with van der Waals surface area (Å²) in [7, 11) is 1.63. The van der Waals surface area contributed by atoms with Crippen molar-refractivity contribution in [3.05, 3.63) is 96.1 Å². The molecule has 4 rings (SSSR count). The minimum absolute atomic E-state index is 0.0766. The Morgan fingerprint density at radius 3 is 2.34 bits per heavy atom. The third kappa shape index (κ3) is 6.08. The van der Waals surface area contributed by atoms with Crippen molar-refractivity contribution < 1.29 is 9.53 Å². The monoisotopic (exact) mass is 479 g/mol. The fraction of sp³-hybridized carbons (Fsp3) is 0.138. The number of rotatable bonds is 8. The molecule has 1 heterocycles. The van der Waals surface area contributed by atoms with E-state index in [0.29, 0.717) is 22.8 Å². The maximum Gasteiger partial charge on any atom is 0.225 e. The van der Waals surface area contributed by atoms with E-state index in [1.165, 1.54) is 11.8 Å². The number of ether oxygens (including phenoxy) is 1. The third-order valence-electron chi connectivity index (χ3n) is 5.47. The largest absolute Gasteiger partial charge is 0.497 e. The lowest BCUT2D eigenvalue weighted by Gasteiger charge is -2.13. The van der Waals surface area contributed by atoms with E-state index >= 15 is 0 Å². The molecule has 0 fully saturated rings. The van der Waals surface area contributed by atoms with Gasteiger partial charge in [0, 0.05) is 29.0 Å². The van der Waals surface area contributed by atoms with E-state index in [4.69, 9.17) is 9.72 Å². The van der Waals surface area contributed by atoms with E-state index in [9.17, 15) is 10.1 Å². The van der Waals surface area contributed by atoms with Crippen LogP contribution in [0.25, 0.3) is 22.4 Å². The number of nitrogens with one attached hydrogen (secondary N) is 1. The van der Waals surface area contributed by atoms with Gasteiger partial charge in [0.1, 0.15) is 16.8 Å². The molecule has 0 unspecified atom stereocenters. The van der Waals surface area contributed by atoms with Gasteiger partial charge in [-0.25, -0.2) is 4.98 Å². The molecule has 0 radical (unpaired) electrons. The number of benzene rings is 3. The van der Waals surface area contributed by atoms with Crippen molar-refractivity contribution in [1.82, 2.24) is 4.98 Å². The molecule has 35 heavy (non-hydrogen) atoms. The predicted octanol–water partition coefficient (Wildman–Crippen LogP) is 6.73. The molecule has 0 aliphatic heterocycles. The normalized spacial score (nSPS) is 10.4. The van der Waals surface area contributed by atoms with E-state index in [1.807, 2.05) is 91.9 Å². The lowest BCUT2D eigenvalue weighted by atomic mass is 9.98. The number of para-hydroxylation sites is 1. The van der Waals surface area contributed by atoms with Crippen molar-refractivity contribution in [1.29, 1.82) is 5.26 Å². The summed E-state index contributed by atoms with van der Waals surface area (Å²) in [5.74, 6) is 1.19. The Bertz CT molecular complexity index is 1350. The number of nitrogens with zero attached hydrogens (tertiary/aromatic N) is 2. The van der Waals surface area contributed by atoms with Crippen LogP contribution in [0.3, 0.4) is 0 Å². The number of aromatic nitrogens is 1.